The monoisotopic (exact) mass is 771 g/mol. The van der Waals surface area contributed by atoms with E-state index in [2.05, 4.69) is 48.0 Å². The standard InChI is InChI=1S/C38H38ClN7O5S2/c1-38(2,26-52-37-40-18-5-19-41-37)42-34-17-16-32(24-35(34)46(48)49)53(50,51)43-36(47)28-10-14-31(15-11-28)45-22-20-44(21-23-45)25-29-6-3-4-7-33(29)27-8-12-30(39)13-9-27/h3-19,24,42H,20-23,25-26H2,1-2H3,(H,43,47). The topological polar surface area (TPSA) is 151 Å². The number of nitro groups is 1. The number of anilines is 2. The van der Waals surface area contributed by atoms with Gasteiger partial charge in [0, 0.05) is 78.7 Å². The number of nitro benzene ring substituents is 1. The van der Waals surface area contributed by atoms with Crippen molar-refractivity contribution in [3.8, 4) is 11.1 Å². The number of carbonyl (C=O) groups excluding carboxylic acids is 1. The Balaban J connectivity index is 1.05. The Kier molecular flexibility index (Phi) is 11.6. The molecule has 0 unspecified atom stereocenters. The Labute approximate surface area is 317 Å². The molecular formula is C38H38ClN7O5S2. The number of nitrogens with one attached hydrogen (secondary N) is 2. The zero-order valence-electron chi connectivity index (χ0n) is 29.1. The molecule has 15 heteroatoms. The van der Waals surface area contributed by atoms with E-state index in [9.17, 15) is 23.3 Å². The quantitative estimate of drug-likeness (QED) is 0.0545. The van der Waals surface area contributed by atoms with Gasteiger partial charge in [-0.25, -0.2) is 23.1 Å². The van der Waals surface area contributed by atoms with Gasteiger partial charge in [0.1, 0.15) is 5.69 Å². The molecule has 1 aliphatic heterocycles. The molecule has 274 valence electrons. The number of carbonyl (C=O) groups is 1. The average molecular weight is 772 g/mol. The van der Waals surface area contributed by atoms with Crippen LogP contribution in [0.3, 0.4) is 0 Å². The summed E-state index contributed by atoms with van der Waals surface area (Å²) < 4.78 is 28.5. The smallest absolute Gasteiger partial charge is 0.293 e. The molecule has 0 saturated carbocycles. The van der Waals surface area contributed by atoms with Gasteiger partial charge >= 0.3 is 0 Å². The minimum absolute atomic E-state index is 0.138. The molecule has 0 bridgehead atoms. The second kappa shape index (κ2) is 16.3. The van der Waals surface area contributed by atoms with Gasteiger partial charge in [0.25, 0.3) is 21.6 Å². The van der Waals surface area contributed by atoms with Gasteiger partial charge in [-0.1, -0.05) is 59.8 Å². The molecule has 12 nitrogen and oxygen atoms in total. The average Bonchev–Trinajstić information content (AvgIpc) is 3.15. The van der Waals surface area contributed by atoms with E-state index in [-0.39, 0.29) is 11.3 Å². The van der Waals surface area contributed by atoms with Gasteiger partial charge in [-0.3, -0.25) is 19.8 Å². The summed E-state index contributed by atoms with van der Waals surface area (Å²) in [6.07, 6.45) is 3.26. The lowest BCUT2D eigenvalue weighted by Crippen LogP contribution is -2.46. The van der Waals surface area contributed by atoms with Crippen molar-refractivity contribution < 1.29 is 18.1 Å². The van der Waals surface area contributed by atoms with Crippen molar-refractivity contribution in [1.29, 1.82) is 0 Å². The summed E-state index contributed by atoms with van der Waals surface area (Å²) in [4.78, 5) is 37.0. The highest BCUT2D eigenvalue weighted by molar-refractivity contribution is 7.99. The molecule has 4 aromatic carbocycles. The van der Waals surface area contributed by atoms with E-state index < -0.39 is 37.0 Å². The van der Waals surface area contributed by atoms with Crippen LogP contribution in [-0.4, -0.2) is 71.6 Å². The number of nitrogens with zero attached hydrogens (tertiary/aromatic N) is 5. The lowest BCUT2D eigenvalue weighted by Gasteiger charge is -2.36. The van der Waals surface area contributed by atoms with Crippen molar-refractivity contribution in [2.75, 3.05) is 42.1 Å². The largest absolute Gasteiger partial charge is 0.374 e. The van der Waals surface area contributed by atoms with E-state index in [0.717, 1.165) is 50.0 Å². The van der Waals surface area contributed by atoms with Crippen LogP contribution in [0.25, 0.3) is 11.1 Å². The van der Waals surface area contributed by atoms with Crippen molar-refractivity contribution in [3.05, 3.63) is 136 Å². The van der Waals surface area contributed by atoms with Crippen molar-refractivity contribution in [3.63, 3.8) is 0 Å². The number of amides is 1. The van der Waals surface area contributed by atoms with Crippen LogP contribution in [0.4, 0.5) is 17.1 Å². The SMILES string of the molecule is CC(C)(CSc1ncccn1)Nc1ccc(S(=O)(=O)NC(=O)c2ccc(N3CCN(Cc4ccccc4-c4ccc(Cl)cc4)CC3)cc2)cc1[N+](=O)[O-]. The number of sulfonamides is 1. The zero-order valence-corrected chi connectivity index (χ0v) is 31.5. The van der Waals surface area contributed by atoms with Crippen LogP contribution >= 0.6 is 23.4 Å². The first-order valence-corrected chi connectivity index (χ1v) is 19.7. The predicted molar refractivity (Wildman–Crippen MR) is 209 cm³/mol. The maximum Gasteiger partial charge on any atom is 0.293 e. The fraction of sp³-hybridized carbons (Fsp3) is 0.237. The van der Waals surface area contributed by atoms with Gasteiger partial charge in [-0.05, 0) is 85.1 Å². The van der Waals surface area contributed by atoms with Crippen LogP contribution in [0.5, 0.6) is 0 Å². The zero-order chi connectivity index (χ0) is 37.6. The molecule has 1 aromatic heterocycles. The number of thioether (sulfide) groups is 1. The molecule has 5 aromatic rings. The van der Waals surface area contributed by atoms with Gasteiger partial charge in [-0.15, -0.1) is 0 Å². The molecule has 1 saturated heterocycles. The normalized spacial score (nSPS) is 13.8. The van der Waals surface area contributed by atoms with Gasteiger partial charge in [0.15, 0.2) is 5.16 Å². The Morgan fingerprint density at radius 2 is 1.60 bits per heavy atom. The van der Waals surface area contributed by atoms with Crippen LogP contribution in [0.1, 0.15) is 29.8 Å². The first kappa shape index (κ1) is 37.7. The summed E-state index contributed by atoms with van der Waals surface area (Å²) in [7, 11) is -4.43. The Morgan fingerprint density at radius 3 is 2.28 bits per heavy atom. The summed E-state index contributed by atoms with van der Waals surface area (Å²) in [6, 6.07) is 28.2. The third-order valence-electron chi connectivity index (χ3n) is 8.71. The first-order valence-electron chi connectivity index (χ1n) is 16.8. The molecule has 1 aliphatic rings. The molecule has 1 amide bonds. The van der Waals surface area contributed by atoms with E-state index in [4.69, 9.17) is 11.6 Å². The van der Waals surface area contributed by atoms with Crippen LogP contribution < -0.4 is 14.9 Å². The Bertz CT molecular complexity index is 2180. The van der Waals surface area contributed by atoms with Crippen LogP contribution in [-0.2, 0) is 16.6 Å². The fourth-order valence-corrected chi connectivity index (χ4v) is 7.93. The molecule has 6 rings (SSSR count). The highest BCUT2D eigenvalue weighted by Gasteiger charge is 2.27. The molecule has 1 fully saturated rings. The number of piperazine rings is 1. The van der Waals surface area contributed by atoms with Crippen molar-refractivity contribution in [1.82, 2.24) is 19.6 Å². The molecule has 0 radical (unpaired) electrons. The van der Waals surface area contributed by atoms with E-state index in [0.29, 0.717) is 15.9 Å². The summed E-state index contributed by atoms with van der Waals surface area (Å²) in [5.74, 6) is -0.369. The number of benzene rings is 4. The van der Waals surface area contributed by atoms with Crippen molar-refractivity contribution in [2.24, 2.45) is 0 Å². The lowest BCUT2D eigenvalue weighted by atomic mass is 9.99. The van der Waals surface area contributed by atoms with Crippen LogP contribution in [0, 0.1) is 10.1 Å². The second-order valence-electron chi connectivity index (χ2n) is 13.2. The highest BCUT2D eigenvalue weighted by Crippen LogP contribution is 2.32. The molecule has 2 heterocycles. The number of aromatic nitrogens is 2. The van der Waals surface area contributed by atoms with Crippen molar-refractivity contribution >= 4 is 56.4 Å². The third kappa shape index (κ3) is 9.70. The minimum Gasteiger partial charge on any atom is -0.374 e. The van der Waals surface area contributed by atoms with E-state index in [1.54, 1.807) is 42.7 Å². The third-order valence-corrected chi connectivity index (χ3v) is 11.6. The van der Waals surface area contributed by atoms with Gasteiger partial charge in [-0.2, -0.15) is 0 Å². The maximum absolute atomic E-state index is 13.2. The minimum atomic E-state index is -4.43. The number of rotatable bonds is 13. The summed E-state index contributed by atoms with van der Waals surface area (Å²) in [6.45, 7) is 7.77. The fourth-order valence-electron chi connectivity index (χ4n) is 5.98. The van der Waals surface area contributed by atoms with Gasteiger partial charge in [0.2, 0.25) is 0 Å². The number of hydrogen-bond donors (Lipinski definition) is 2. The Morgan fingerprint density at radius 1 is 0.925 bits per heavy atom. The molecule has 2 N–H and O–H groups in total. The van der Waals surface area contributed by atoms with Crippen LogP contribution in [0.15, 0.2) is 120 Å². The summed E-state index contributed by atoms with van der Waals surface area (Å²) in [5, 5.41) is 16.4. The molecule has 0 spiro atoms. The number of halogens is 1. The molecule has 0 aliphatic carbocycles. The number of hydrogen-bond acceptors (Lipinski definition) is 11. The summed E-state index contributed by atoms with van der Waals surface area (Å²) >= 11 is 7.48. The maximum atomic E-state index is 13.2. The van der Waals surface area contributed by atoms with Crippen LogP contribution in [0.2, 0.25) is 5.02 Å². The molecule has 53 heavy (non-hydrogen) atoms. The predicted octanol–water partition coefficient (Wildman–Crippen LogP) is 7.13. The summed E-state index contributed by atoms with van der Waals surface area (Å²) in [5.41, 5.74) is 3.66. The van der Waals surface area contributed by atoms with Gasteiger partial charge < -0.3 is 10.2 Å². The second-order valence-corrected chi connectivity index (χ2v) is 16.2. The van der Waals surface area contributed by atoms with E-state index in [1.165, 1.54) is 35.0 Å². The van der Waals surface area contributed by atoms with E-state index in [1.807, 2.05) is 44.2 Å². The van der Waals surface area contributed by atoms with Gasteiger partial charge in [0.05, 0.1) is 9.82 Å². The highest BCUT2D eigenvalue weighted by atomic mass is 35.5. The Hall–Kier alpha value is -5.02. The van der Waals surface area contributed by atoms with E-state index >= 15 is 0 Å². The molecule has 0 atom stereocenters. The van der Waals surface area contributed by atoms with Crippen molar-refractivity contribution in [2.45, 2.75) is 36.0 Å². The first-order chi connectivity index (χ1) is 25.4. The molecular weight excluding hydrogens is 734 g/mol. The lowest BCUT2D eigenvalue weighted by molar-refractivity contribution is -0.384.